The first-order chi connectivity index (χ1) is 16.1. The van der Waals surface area contributed by atoms with Gasteiger partial charge >= 0.3 is 0 Å². The number of hydrogen-bond acceptors (Lipinski definition) is 5. The summed E-state index contributed by atoms with van der Waals surface area (Å²) in [4.78, 5) is 25.3. The average Bonchev–Trinajstić information content (AvgIpc) is 3.12. The Morgan fingerprint density at radius 2 is 1.76 bits per heavy atom. The van der Waals surface area contributed by atoms with Gasteiger partial charge in [0.2, 0.25) is 5.91 Å². The maximum absolute atomic E-state index is 12.8. The molecule has 1 atom stereocenters. The van der Waals surface area contributed by atoms with E-state index in [0.29, 0.717) is 27.3 Å². The fourth-order valence-corrected chi connectivity index (χ4v) is 4.86. The molecular formula is C23H24Cl3N5O2S. The Morgan fingerprint density at radius 1 is 1.09 bits per heavy atom. The second-order valence-electron chi connectivity index (χ2n) is 8.05. The molecule has 180 valence electrons. The van der Waals surface area contributed by atoms with Gasteiger partial charge in [-0.05, 0) is 37.1 Å². The number of aryl methyl sites for hydroxylation is 1. The molecule has 3 aromatic rings. The summed E-state index contributed by atoms with van der Waals surface area (Å²) in [5, 5.41) is 15.7. The molecule has 2 aromatic carbocycles. The van der Waals surface area contributed by atoms with Crippen LogP contribution in [0.15, 0.2) is 41.6 Å². The van der Waals surface area contributed by atoms with Crippen molar-refractivity contribution in [2.75, 3.05) is 11.1 Å². The Kier molecular flexibility index (Phi) is 8.87. The van der Waals surface area contributed by atoms with Crippen LogP contribution in [0.3, 0.4) is 0 Å². The molecule has 34 heavy (non-hydrogen) atoms. The maximum Gasteiger partial charge on any atom is 0.251 e. The normalized spacial score (nSPS) is 12.0. The third kappa shape index (κ3) is 6.44. The average molecular weight is 541 g/mol. The third-order valence-electron chi connectivity index (χ3n) is 4.98. The number of nitrogens with zero attached hydrogens (tertiary/aromatic N) is 3. The minimum atomic E-state index is -0.361. The first kappa shape index (κ1) is 26.3. The molecule has 0 fully saturated rings. The van der Waals surface area contributed by atoms with E-state index in [4.69, 9.17) is 34.8 Å². The monoisotopic (exact) mass is 539 g/mol. The number of nitrogens with one attached hydrogen (secondary N) is 2. The number of benzene rings is 2. The Labute approximate surface area is 217 Å². The van der Waals surface area contributed by atoms with Crippen molar-refractivity contribution in [3.05, 3.63) is 68.4 Å². The maximum atomic E-state index is 12.8. The SMILES string of the molecule is Cc1cccc(C(=O)N[C@@H](c2nnc(SCC(=O)Nc3c(Cl)cc(Cl)cc3Cl)n2C)C(C)C)c1. The molecule has 0 spiro atoms. The Morgan fingerprint density at radius 3 is 2.38 bits per heavy atom. The largest absolute Gasteiger partial charge is 0.342 e. The van der Waals surface area contributed by atoms with Gasteiger partial charge in [0.25, 0.3) is 5.91 Å². The molecule has 0 aliphatic heterocycles. The number of rotatable bonds is 8. The molecule has 3 rings (SSSR count). The molecule has 0 aliphatic carbocycles. The van der Waals surface area contributed by atoms with E-state index in [9.17, 15) is 9.59 Å². The second-order valence-corrected chi connectivity index (χ2v) is 10.2. The Hall–Kier alpha value is -2.26. The quantitative estimate of drug-likeness (QED) is 0.345. The van der Waals surface area contributed by atoms with Crippen LogP contribution >= 0.6 is 46.6 Å². The first-order valence-corrected chi connectivity index (χ1v) is 12.5. The number of hydrogen-bond donors (Lipinski definition) is 2. The number of carbonyl (C=O) groups excluding carboxylic acids is 2. The number of thioether (sulfide) groups is 1. The van der Waals surface area contributed by atoms with E-state index < -0.39 is 0 Å². The molecule has 11 heteroatoms. The summed E-state index contributed by atoms with van der Waals surface area (Å²) in [6.45, 7) is 5.93. The van der Waals surface area contributed by atoms with Crippen molar-refractivity contribution in [3.8, 4) is 0 Å². The van der Waals surface area contributed by atoms with Crippen LogP contribution in [0.2, 0.25) is 15.1 Å². The van der Waals surface area contributed by atoms with Crippen molar-refractivity contribution in [2.45, 2.75) is 32.0 Å². The smallest absolute Gasteiger partial charge is 0.251 e. The van der Waals surface area contributed by atoms with Crippen molar-refractivity contribution in [2.24, 2.45) is 13.0 Å². The lowest BCUT2D eigenvalue weighted by atomic mass is 10.0. The predicted molar refractivity (Wildman–Crippen MR) is 138 cm³/mol. The van der Waals surface area contributed by atoms with Gasteiger partial charge in [-0.1, -0.05) is 78.1 Å². The summed E-state index contributed by atoms with van der Waals surface area (Å²) in [6.07, 6.45) is 0. The molecule has 0 radical (unpaired) electrons. The topological polar surface area (TPSA) is 88.9 Å². The van der Waals surface area contributed by atoms with E-state index in [2.05, 4.69) is 20.8 Å². The summed E-state index contributed by atoms with van der Waals surface area (Å²) in [5.41, 5.74) is 1.89. The highest BCUT2D eigenvalue weighted by Gasteiger charge is 2.25. The van der Waals surface area contributed by atoms with Crippen LogP contribution in [-0.2, 0) is 11.8 Å². The van der Waals surface area contributed by atoms with E-state index in [1.807, 2.05) is 39.0 Å². The van der Waals surface area contributed by atoms with Gasteiger partial charge in [0.1, 0.15) is 0 Å². The van der Waals surface area contributed by atoms with E-state index in [1.165, 1.54) is 23.9 Å². The van der Waals surface area contributed by atoms with Crippen LogP contribution in [0.1, 0.15) is 41.6 Å². The van der Waals surface area contributed by atoms with Crippen LogP contribution < -0.4 is 10.6 Å². The zero-order chi connectivity index (χ0) is 25.0. The van der Waals surface area contributed by atoms with Gasteiger partial charge < -0.3 is 15.2 Å². The highest BCUT2D eigenvalue weighted by molar-refractivity contribution is 7.99. The third-order valence-corrected chi connectivity index (χ3v) is 6.82. The molecule has 0 saturated heterocycles. The van der Waals surface area contributed by atoms with Gasteiger partial charge in [0, 0.05) is 17.6 Å². The lowest BCUT2D eigenvalue weighted by Crippen LogP contribution is -2.33. The van der Waals surface area contributed by atoms with E-state index in [-0.39, 0.29) is 39.6 Å². The zero-order valence-electron chi connectivity index (χ0n) is 19.0. The van der Waals surface area contributed by atoms with Gasteiger partial charge in [0.05, 0.1) is 27.5 Å². The Balaban J connectivity index is 1.69. The van der Waals surface area contributed by atoms with Crippen LogP contribution in [0.25, 0.3) is 0 Å². The molecule has 0 unspecified atom stereocenters. The summed E-state index contributed by atoms with van der Waals surface area (Å²) < 4.78 is 1.78. The predicted octanol–water partition coefficient (Wildman–Crippen LogP) is 5.94. The number of carbonyl (C=O) groups is 2. The molecule has 0 bridgehead atoms. The van der Waals surface area contributed by atoms with Crippen molar-refractivity contribution in [1.29, 1.82) is 0 Å². The number of aromatic nitrogens is 3. The number of halogens is 3. The van der Waals surface area contributed by atoms with Crippen molar-refractivity contribution in [3.63, 3.8) is 0 Å². The molecule has 1 heterocycles. The van der Waals surface area contributed by atoms with E-state index >= 15 is 0 Å². The fraction of sp³-hybridized carbons (Fsp3) is 0.304. The highest BCUT2D eigenvalue weighted by Crippen LogP contribution is 2.34. The lowest BCUT2D eigenvalue weighted by Gasteiger charge is -2.22. The van der Waals surface area contributed by atoms with Gasteiger partial charge in [-0.25, -0.2) is 0 Å². The molecule has 0 saturated carbocycles. The Bertz CT molecular complexity index is 1190. The lowest BCUT2D eigenvalue weighted by molar-refractivity contribution is -0.113. The minimum absolute atomic E-state index is 0.0588. The van der Waals surface area contributed by atoms with Gasteiger partial charge in [-0.15, -0.1) is 10.2 Å². The summed E-state index contributed by atoms with van der Waals surface area (Å²) in [7, 11) is 1.80. The highest BCUT2D eigenvalue weighted by atomic mass is 35.5. The van der Waals surface area contributed by atoms with Crippen LogP contribution in [0, 0.1) is 12.8 Å². The van der Waals surface area contributed by atoms with Crippen LogP contribution in [-0.4, -0.2) is 32.3 Å². The van der Waals surface area contributed by atoms with Gasteiger partial charge in [-0.2, -0.15) is 0 Å². The molecule has 1 aromatic heterocycles. The van der Waals surface area contributed by atoms with Gasteiger partial charge in [-0.3, -0.25) is 9.59 Å². The van der Waals surface area contributed by atoms with Gasteiger partial charge in [0.15, 0.2) is 11.0 Å². The number of amides is 2. The second kappa shape index (κ2) is 11.4. The summed E-state index contributed by atoms with van der Waals surface area (Å²) in [6, 6.07) is 10.0. The fourth-order valence-electron chi connectivity index (χ4n) is 3.23. The molecular weight excluding hydrogens is 517 g/mol. The van der Waals surface area contributed by atoms with Crippen LogP contribution in [0.4, 0.5) is 5.69 Å². The van der Waals surface area contributed by atoms with Crippen LogP contribution in [0.5, 0.6) is 0 Å². The van der Waals surface area contributed by atoms with Crippen molar-refractivity contribution >= 4 is 64.1 Å². The van der Waals surface area contributed by atoms with Crippen molar-refractivity contribution < 1.29 is 9.59 Å². The van der Waals surface area contributed by atoms with Crippen molar-refractivity contribution in [1.82, 2.24) is 20.1 Å². The molecule has 7 nitrogen and oxygen atoms in total. The standard InChI is InChI=1S/C23H24Cl3N5O2S/c1-12(2)19(28-22(33)14-7-5-6-13(3)8-14)21-29-30-23(31(21)4)34-11-18(32)27-20-16(25)9-15(24)10-17(20)26/h5-10,12,19H,11H2,1-4H3,(H,27,32)(H,28,33)/t19-/m1/s1. The minimum Gasteiger partial charge on any atom is -0.342 e. The molecule has 2 amide bonds. The number of anilines is 1. The zero-order valence-corrected chi connectivity index (χ0v) is 22.1. The summed E-state index contributed by atoms with van der Waals surface area (Å²) in [5.74, 6) is 0.225. The summed E-state index contributed by atoms with van der Waals surface area (Å²) >= 11 is 19.4. The van der Waals surface area contributed by atoms with E-state index in [0.717, 1.165) is 5.56 Å². The van der Waals surface area contributed by atoms with E-state index in [1.54, 1.807) is 17.7 Å². The molecule has 2 N–H and O–H groups in total. The first-order valence-electron chi connectivity index (χ1n) is 10.4. The molecule has 0 aliphatic rings.